The minimum absolute atomic E-state index is 0.544. The minimum atomic E-state index is 0.544. The molecule has 0 spiro atoms. The summed E-state index contributed by atoms with van der Waals surface area (Å²) in [5, 5.41) is 10.9. The van der Waals surface area contributed by atoms with E-state index in [1.165, 1.54) is 24.8 Å². The molecule has 0 saturated carbocycles. The number of aryl methyl sites for hydroxylation is 1. The monoisotopic (exact) mass is 390 g/mol. The lowest BCUT2D eigenvalue weighted by atomic mass is 10.1. The summed E-state index contributed by atoms with van der Waals surface area (Å²) in [5.74, 6) is 0.851. The maximum atomic E-state index is 5.98. The molecule has 3 aromatic rings. The number of hydrogen-bond acceptors (Lipinski definition) is 4. The van der Waals surface area contributed by atoms with E-state index in [-0.39, 0.29) is 0 Å². The Bertz CT molecular complexity index is 920. The van der Waals surface area contributed by atoms with E-state index in [9.17, 15) is 0 Å². The summed E-state index contributed by atoms with van der Waals surface area (Å²) in [6.45, 7) is 6.23. The van der Waals surface area contributed by atoms with Crippen molar-refractivity contribution in [2.75, 3.05) is 19.8 Å². The lowest BCUT2D eigenvalue weighted by Crippen LogP contribution is -2.07. The maximum Gasteiger partial charge on any atom is 0.127 e. The normalized spacial score (nSPS) is 11.4. The first-order valence-electron chi connectivity index (χ1n) is 10.5. The Labute approximate surface area is 173 Å². The van der Waals surface area contributed by atoms with E-state index in [0.29, 0.717) is 13.2 Å². The second-order valence-electron chi connectivity index (χ2n) is 7.19. The number of fused-ring (bicyclic) bond motifs is 1. The van der Waals surface area contributed by atoms with Gasteiger partial charge in [0.1, 0.15) is 12.4 Å². The fraction of sp³-hybridized carbons (Fsp3) is 0.360. The van der Waals surface area contributed by atoms with Crippen molar-refractivity contribution in [2.45, 2.75) is 39.5 Å². The molecule has 0 saturated heterocycles. The third-order valence-electron chi connectivity index (χ3n) is 4.80. The Balaban J connectivity index is 1.62. The predicted molar refractivity (Wildman–Crippen MR) is 120 cm³/mol. The van der Waals surface area contributed by atoms with Crippen molar-refractivity contribution < 1.29 is 9.47 Å². The third kappa shape index (κ3) is 6.40. The van der Waals surface area contributed by atoms with Crippen LogP contribution in [0, 0.1) is 6.92 Å². The van der Waals surface area contributed by atoms with Crippen LogP contribution in [-0.2, 0) is 4.74 Å². The van der Waals surface area contributed by atoms with Crippen LogP contribution >= 0.6 is 0 Å². The molecule has 152 valence electrons. The highest BCUT2D eigenvalue weighted by molar-refractivity contribution is 5.96. The largest absolute Gasteiger partial charge is 0.491 e. The summed E-state index contributed by atoms with van der Waals surface area (Å²) in [6, 6.07) is 20.1. The highest BCUT2D eigenvalue weighted by Gasteiger charge is 2.06. The van der Waals surface area contributed by atoms with Gasteiger partial charge in [0, 0.05) is 17.4 Å². The fourth-order valence-electron chi connectivity index (χ4n) is 3.14. The van der Waals surface area contributed by atoms with Crippen LogP contribution in [0.4, 0.5) is 11.4 Å². The molecule has 0 amide bonds. The molecule has 0 unspecified atom stereocenters. The number of nitrogens with zero attached hydrogens (tertiary/aromatic N) is 2. The van der Waals surface area contributed by atoms with Crippen molar-refractivity contribution in [3.63, 3.8) is 0 Å². The summed E-state index contributed by atoms with van der Waals surface area (Å²) in [7, 11) is 0. The Morgan fingerprint density at radius 2 is 1.52 bits per heavy atom. The first kappa shape index (κ1) is 21.0. The molecule has 0 aliphatic carbocycles. The van der Waals surface area contributed by atoms with Gasteiger partial charge in [0.15, 0.2) is 0 Å². The van der Waals surface area contributed by atoms with Crippen LogP contribution in [-0.4, -0.2) is 19.8 Å². The van der Waals surface area contributed by atoms with Gasteiger partial charge in [-0.2, -0.15) is 5.11 Å². The van der Waals surface area contributed by atoms with Crippen LogP contribution in [0.3, 0.4) is 0 Å². The molecule has 0 N–H and O–H groups in total. The van der Waals surface area contributed by atoms with Gasteiger partial charge in [-0.25, -0.2) is 0 Å². The van der Waals surface area contributed by atoms with E-state index in [4.69, 9.17) is 9.47 Å². The van der Waals surface area contributed by atoms with Crippen LogP contribution in [0.1, 0.15) is 38.2 Å². The summed E-state index contributed by atoms with van der Waals surface area (Å²) >= 11 is 0. The van der Waals surface area contributed by atoms with E-state index in [1.54, 1.807) is 0 Å². The first-order valence-corrected chi connectivity index (χ1v) is 10.5. The average molecular weight is 391 g/mol. The van der Waals surface area contributed by atoms with E-state index in [0.717, 1.165) is 40.9 Å². The van der Waals surface area contributed by atoms with Crippen molar-refractivity contribution in [3.05, 3.63) is 66.2 Å². The lowest BCUT2D eigenvalue weighted by Gasteiger charge is -2.11. The summed E-state index contributed by atoms with van der Waals surface area (Å²) in [6.07, 6.45) is 4.88. The third-order valence-corrected chi connectivity index (χ3v) is 4.80. The maximum absolute atomic E-state index is 5.98. The molecule has 4 heteroatoms. The van der Waals surface area contributed by atoms with E-state index < -0.39 is 0 Å². The van der Waals surface area contributed by atoms with Gasteiger partial charge < -0.3 is 9.47 Å². The van der Waals surface area contributed by atoms with Gasteiger partial charge in [-0.05, 0) is 37.6 Å². The Morgan fingerprint density at radius 1 is 0.724 bits per heavy atom. The number of rotatable bonds is 11. The van der Waals surface area contributed by atoms with Crippen LogP contribution in [0.2, 0.25) is 0 Å². The van der Waals surface area contributed by atoms with Crippen LogP contribution in [0.5, 0.6) is 5.75 Å². The zero-order valence-corrected chi connectivity index (χ0v) is 17.4. The number of hydrogen-bond donors (Lipinski definition) is 0. The molecule has 0 aliphatic heterocycles. The SMILES string of the molecule is CCCCCCOCCOc1ccc(N=Nc2ccc(C)cc2)c2ccccc12. The van der Waals surface area contributed by atoms with Crippen LogP contribution < -0.4 is 4.74 Å². The smallest absolute Gasteiger partial charge is 0.127 e. The molecule has 0 bridgehead atoms. The number of ether oxygens (including phenoxy) is 2. The lowest BCUT2D eigenvalue weighted by molar-refractivity contribution is 0.0976. The molecule has 29 heavy (non-hydrogen) atoms. The Morgan fingerprint density at radius 3 is 2.31 bits per heavy atom. The molecule has 0 atom stereocenters. The van der Waals surface area contributed by atoms with E-state index >= 15 is 0 Å². The Kier molecular flexibility index (Phi) is 8.20. The minimum Gasteiger partial charge on any atom is -0.491 e. The molecule has 0 fully saturated rings. The molecular weight excluding hydrogens is 360 g/mol. The van der Waals surface area contributed by atoms with Crippen molar-refractivity contribution in [2.24, 2.45) is 10.2 Å². The molecule has 0 aromatic heterocycles. The average Bonchev–Trinajstić information content (AvgIpc) is 2.76. The van der Waals surface area contributed by atoms with Gasteiger partial charge in [-0.15, -0.1) is 5.11 Å². The molecule has 4 nitrogen and oxygen atoms in total. The molecule has 0 radical (unpaired) electrons. The highest BCUT2D eigenvalue weighted by Crippen LogP contribution is 2.34. The van der Waals surface area contributed by atoms with Crippen LogP contribution in [0.25, 0.3) is 10.8 Å². The fourth-order valence-corrected chi connectivity index (χ4v) is 3.14. The van der Waals surface area contributed by atoms with Gasteiger partial charge in [-0.1, -0.05) is 68.1 Å². The van der Waals surface area contributed by atoms with Gasteiger partial charge in [0.05, 0.1) is 18.0 Å². The summed E-state index contributed by atoms with van der Waals surface area (Å²) in [5.41, 5.74) is 2.89. The Hall–Kier alpha value is -2.72. The number of benzene rings is 3. The standard InChI is InChI=1S/C25H30N2O2/c1-3-4-5-8-17-28-18-19-29-25-16-15-24(22-9-6-7-10-23(22)25)27-26-21-13-11-20(2)12-14-21/h6-7,9-16H,3-5,8,17-19H2,1-2H3. The first-order chi connectivity index (χ1) is 14.3. The van der Waals surface area contributed by atoms with E-state index in [2.05, 4.69) is 36.2 Å². The molecule has 3 rings (SSSR count). The molecule has 3 aromatic carbocycles. The second kappa shape index (κ2) is 11.3. The van der Waals surface area contributed by atoms with Crippen LogP contribution in [0.15, 0.2) is 70.9 Å². The molecule has 0 aliphatic rings. The van der Waals surface area contributed by atoms with Gasteiger partial charge >= 0.3 is 0 Å². The summed E-state index contributed by atoms with van der Waals surface area (Å²) < 4.78 is 11.7. The zero-order chi connectivity index (χ0) is 20.3. The molecule has 0 heterocycles. The highest BCUT2D eigenvalue weighted by atomic mass is 16.5. The van der Waals surface area contributed by atoms with Crippen molar-refractivity contribution in [1.82, 2.24) is 0 Å². The quantitative estimate of drug-likeness (QED) is 0.251. The molecular formula is C25H30N2O2. The van der Waals surface area contributed by atoms with Gasteiger partial charge in [-0.3, -0.25) is 0 Å². The van der Waals surface area contributed by atoms with Gasteiger partial charge in [0.2, 0.25) is 0 Å². The van der Waals surface area contributed by atoms with Crippen molar-refractivity contribution >= 4 is 22.1 Å². The number of azo groups is 1. The zero-order valence-electron chi connectivity index (χ0n) is 17.4. The topological polar surface area (TPSA) is 43.2 Å². The summed E-state index contributed by atoms with van der Waals surface area (Å²) in [4.78, 5) is 0. The number of unbranched alkanes of at least 4 members (excludes halogenated alkanes) is 3. The van der Waals surface area contributed by atoms with Gasteiger partial charge in [0.25, 0.3) is 0 Å². The van der Waals surface area contributed by atoms with Crippen molar-refractivity contribution in [1.29, 1.82) is 0 Å². The second-order valence-corrected chi connectivity index (χ2v) is 7.19. The van der Waals surface area contributed by atoms with E-state index in [1.807, 2.05) is 48.5 Å². The van der Waals surface area contributed by atoms with Crippen molar-refractivity contribution in [3.8, 4) is 5.75 Å². The predicted octanol–water partition coefficient (Wildman–Crippen LogP) is 7.54.